The van der Waals surface area contributed by atoms with E-state index in [2.05, 4.69) is 7.50 Å². The van der Waals surface area contributed by atoms with E-state index in [-0.39, 0.29) is 3.57 Å². The van der Waals surface area contributed by atoms with Crippen molar-refractivity contribution in [3.8, 4) is 0 Å². The van der Waals surface area contributed by atoms with Crippen molar-refractivity contribution in [1.29, 1.82) is 0 Å². The van der Waals surface area contributed by atoms with Crippen molar-refractivity contribution in [2.75, 3.05) is 0 Å². The van der Waals surface area contributed by atoms with Gasteiger partial charge in [0.2, 0.25) is 0 Å². The molecule has 10 heteroatoms. The molecule has 0 unspecified atom stereocenters. The van der Waals surface area contributed by atoms with Crippen LogP contribution in [-0.4, -0.2) is 18.9 Å². The second-order valence-corrected chi connectivity index (χ2v) is 11.2. The summed E-state index contributed by atoms with van der Waals surface area (Å²) in [6, 6.07) is 11.5. The average molecular weight is 487 g/mol. The fourth-order valence-electron chi connectivity index (χ4n) is 2.04. The number of hydrogen-bond acceptors (Lipinski definition) is 3. The van der Waals surface area contributed by atoms with Gasteiger partial charge in [0.1, 0.15) is 0 Å². The van der Waals surface area contributed by atoms with E-state index in [4.69, 9.17) is 0 Å². The van der Waals surface area contributed by atoms with Crippen molar-refractivity contribution >= 4 is 41.3 Å². The summed E-state index contributed by atoms with van der Waals surface area (Å²) in [6.45, 7) is 0. The van der Waals surface area contributed by atoms with Gasteiger partial charge in [0.25, 0.3) is 0 Å². The van der Waals surface area contributed by atoms with E-state index in [0.29, 0.717) is 14.5 Å². The van der Waals surface area contributed by atoms with Gasteiger partial charge >= 0.3 is 148 Å². The minimum absolute atomic E-state index is 0.234. The molecule has 4 nitrogen and oxygen atoms in total. The number of nitrogens with one attached hydrogen (secondary N) is 1. The molecule has 3 rings (SSSR count). The predicted octanol–water partition coefficient (Wildman–Crippen LogP) is 4.63. The molecule has 25 heavy (non-hydrogen) atoms. The van der Waals surface area contributed by atoms with Crippen LogP contribution in [0.3, 0.4) is 0 Å². The molecule has 0 aliphatic carbocycles. The number of aromatic nitrogens is 1. The number of hydrogen-bond donors (Lipinski definition) is 1. The topological polar surface area (TPSA) is 59.2 Å². The summed E-state index contributed by atoms with van der Waals surface area (Å²) in [7, 11) is -5.79. The fourth-order valence-corrected chi connectivity index (χ4v) is 8.80. The first kappa shape index (κ1) is 18.1. The standard InChI is InChI=1S/C15H10F4INO3S/c16-10-6-7-14-12(8-10)13(9-21-14)20(11-4-2-1-3-5-11)24-25(22,23)15(17,18)19/h1-9,21H. The predicted molar refractivity (Wildman–Crippen MR) is 92.2 cm³/mol. The van der Waals surface area contributed by atoms with E-state index in [0.717, 1.165) is 6.07 Å². The quantitative estimate of drug-likeness (QED) is 0.332. The molecule has 1 heterocycles. The molecular weight excluding hydrogens is 477 g/mol. The van der Waals surface area contributed by atoms with E-state index < -0.39 is 41.7 Å². The molecule has 0 aliphatic rings. The molecule has 0 fully saturated rings. The molecule has 0 atom stereocenters. The van der Waals surface area contributed by atoms with Gasteiger partial charge in [-0.1, -0.05) is 0 Å². The van der Waals surface area contributed by atoms with Crippen LogP contribution in [0.25, 0.3) is 10.9 Å². The molecule has 134 valence electrons. The summed E-state index contributed by atoms with van der Waals surface area (Å²) >= 11 is -3.52. The Morgan fingerprint density at radius 3 is 2.36 bits per heavy atom. The zero-order chi connectivity index (χ0) is 18.2. The van der Waals surface area contributed by atoms with Crippen molar-refractivity contribution in [2.24, 2.45) is 0 Å². The summed E-state index contributed by atoms with van der Waals surface area (Å²) in [4.78, 5) is 2.81. The van der Waals surface area contributed by atoms with Gasteiger partial charge in [0, 0.05) is 0 Å². The second-order valence-electron chi connectivity index (χ2n) is 4.83. The third-order valence-corrected chi connectivity index (χ3v) is 10.3. The van der Waals surface area contributed by atoms with Gasteiger partial charge in [0.05, 0.1) is 0 Å². The van der Waals surface area contributed by atoms with E-state index in [9.17, 15) is 26.0 Å². The maximum absolute atomic E-state index is 13.6. The van der Waals surface area contributed by atoms with Crippen LogP contribution in [0.1, 0.15) is 0 Å². The molecule has 0 saturated heterocycles. The minimum atomic E-state index is -5.79. The molecule has 2 aromatic carbocycles. The van der Waals surface area contributed by atoms with Gasteiger partial charge in [0.15, 0.2) is 0 Å². The Kier molecular flexibility index (Phi) is 4.77. The fraction of sp³-hybridized carbons (Fsp3) is 0.0667. The van der Waals surface area contributed by atoms with Gasteiger partial charge in [-0.3, -0.25) is 0 Å². The summed E-state index contributed by atoms with van der Waals surface area (Å²) in [6.07, 6.45) is 1.37. The number of H-pyrrole nitrogens is 1. The van der Waals surface area contributed by atoms with Gasteiger partial charge in [-0.25, -0.2) is 0 Å². The zero-order valence-electron chi connectivity index (χ0n) is 12.2. The van der Waals surface area contributed by atoms with E-state index in [1.165, 1.54) is 30.5 Å². The molecule has 1 N–H and O–H groups in total. The van der Waals surface area contributed by atoms with Crippen LogP contribution in [-0.2, 0) is 12.6 Å². The zero-order valence-corrected chi connectivity index (χ0v) is 15.2. The monoisotopic (exact) mass is 487 g/mol. The van der Waals surface area contributed by atoms with Crippen molar-refractivity contribution in [3.05, 3.63) is 67.7 Å². The van der Waals surface area contributed by atoms with Crippen molar-refractivity contribution in [3.63, 3.8) is 0 Å². The van der Waals surface area contributed by atoms with Crippen molar-refractivity contribution < 1.29 is 28.5 Å². The van der Waals surface area contributed by atoms with Crippen LogP contribution in [0.5, 0.6) is 0 Å². The number of halogens is 5. The molecule has 0 radical (unpaired) electrons. The van der Waals surface area contributed by atoms with E-state index >= 15 is 0 Å². The van der Waals surface area contributed by atoms with Crippen LogP contribution in [0.15, 0.2) is 54.7 Å². The van der Waals surface area contributed by atoms with Crippen molar-refractivity contribution in [1.82, 2.24) is 4.98 Å². The Bertz CT molecular complexity index is 1000. The first-order valence-electron chi connectivity index (χ1n) is 6.72. The third kappa shape index (κ3) is 3.65. The first-order chi connectivity index (χ1) is 11.7. The molecule has 0 amide bonds. The van der Waals surface area contributed by atoms with Gasteiger partial charge in [-0.2, -0.15) is 0 Å². The Hall–Kier alpha value is -1.66. The Labute approximate surface area is 147 Å². The summed E-state index contributed by atoms with van der Waals surface area (Å²) in [5.41, 5.74) is -5.06. The Morgan fingerprint density at radius 2 is 1.72 bits per heavy atom. The summed E-state index contributed by atoms with van der Waals surface area (Å²) in [5, 5.41) is 0.298. The molecule has 0 spiro atoms. The number of rotatable bonds is 4. The normalized spacial score (nSPS) is 13.2. The number of benzene rings is 2. The van der Waals surface area contributed by atoms with Crippen molar-refractivity contribution in [2.45, 2.75) is 5.51 Å². The molecular formula is C15H10F4INO3S. The van der Waals surface area contributed by atoms with Crippen LogP contribution in [0.2, 0.25) is 0 Å². The summed E-state index contributed by atoms with van der Waals surface area (Å²) < 4.78 is 80.2. The maximum atomic E-state index is 13.6. The number of aromatic amines is 1. The number of fused-ring (bicyclic) bond motifs is 1. The van der Waals surface area contributed by atoms with Crippen LogP contribution in [0, 0.1) is 13.0 Å². The van der Waals surface area contributed by atoms with Gasteiger partial charge < -0.3 is 0 Å². The van der Waals surface area contributed by atoms with Gasteiger partial charge in [-0.15, -0.1) is 0 Å². The molecule has 1 aromatic heterocycles. The SMILES string of the molecule is O=S(=O)(OI(c1ccccc1)c1c[nH]c2ccc(F)cc12)C(F)(F)F. The third-order valence-electron chi connectivity index (χ3n) is 3.14. The van der Waals surface area contributed by atoms with Crippen LogP contribution in [0.4, 0.5) is 17.6 Å². The van der Waals surface area contributed by atoms with Gasteiger partial charge in [-0.05, 0) is 0 Å². The second kappa shape index (κ2) is 6.57. The van der Waals surface area contributed by atoms with E-state index in [1.54, 1.807) is 18.2 Å². The molecule has 0 aliphatic heterocycles. The first-order valence-corrected chi connectivity index (χ1v) is 11.2. The Morgan fingerprint density at radius 1 is 1.04 bits per heavy atom. The van der Waals surface area contributed by atoms with Crippen LogP contribution >= 0.6 is 20.2 Å². The molecule has 0 saturated carbocycles. The average Bonchev–Trinajstić information content (AvgIpc) is 2.95. The Balaban J connectivity index is 2.16. The van der Waals surface area contributed by atoms with Crippen LogP contribution < -0.4 is 0 Å². The molecule has 3 aromatic rings. The van der Waals surface area contributed by atoms with E-state index in [1.807, 2.05) is 0 Å². The molecule has 0 bridgehead atoms. The number of alkyl halides is 3. The summed E-state index contributed by atoms with van der Waals surface area (Å²) in [5.74, 6) is -0.587.